The van der Waals surface area contributed by atoms with Crippen molar-refractivity contribution in [2.75, 3.05) is 12.4 Å². The van der Waals surface area contributed by atoms with E-state index in [1.807, 2.05) is 23.7 Å². The number of hydrogen-bond acceptors (Lipinski definition) is 5. The topological polar surface area (TPSA) is 52.0 Å². The van der Waals surface area contributed by atoms with Crippen molar-refractivity contribution < 1.29 is 4.74 Å². The molecule has 4 rings (SSSR count). The Morgan fingerprint density at radius 3 is 2.83 bits per heavy atom. The van der Waals surface area contributed by atoms with Gasteiger partial charge >= 0.3 is 0 Å². The molecule has 0 aliphatic rings. The lowest BCUT2D eigenvalue weighted by molar-refractivity contribution is 0.417. The Morgan fingerprint density at radius 2 is 2.04 bits per heavy atom. The van der Waals surface area contributed by atoms with Crippen LogP contribution in [0, 0.1) is 0 Å². The van der Waals surface area contributed by atoms with Gasteiger partial charge < -0.3 is 14.6 Å². The van der Waals surface area contributed by atoms with Crippen LogP contribution in [0.25, 0.3) is 21.3 Å². The molecule has 2 heterocycles. The third-order valence-corrected chi connectivity index (χ3v) is 4.83. The Balaban J connectivity index is 0.00000169. The van der Waals surface area contributed by atoms with Gasteiger partial charge in [-0.05, 0) is 30.3 Å². The minimum absolute atomic E-state index is 0. The van der Waals surface area contributed by atoms with E-state index in [9.17, 15) is 0 Å². The second kappa shape index (κ2) is 6.47. The monoisotopic (exact) mass is 380 g/mol. The van der Waals surface area contributed by atoms with Crippen LogP contribution in [-0.2, 0) is 7.05 Å². The molecule has 0 aliphatic heterocycles. The summed E-state index contributed by atoms with van der Waals surface area (Å²) < 4.78 is 8.43. The molecule has 0 amide bonds. The Morgan fingerprint density at radius 1 is 1.21 bits per heavy atom. The summed E-state index contributed by atoms with van der Waals surface area (Å²) in [6.45, 7) is 0. The zero-order valence-corrected chi connectivity index (χ0v) is 15.3. The molecular weight excluding hydrogens is 367 g/mol. The van der Waals surface area contributed by atoms with Crippen LogP contribution in [0.1, 0.15) is 0 Å². The van der Waals surface area contributed by atoms with Gasteiger partial charge in [0.05, 0.1) is 29.3 Å². The number of fused-ring (bicyclic) bond motifs is 3. The van der Waals surface area contributed by atoms with Crippen molar-refractivity contribution in [2.45, 2.75) is 0 Å². The zero-order chi connectivity index (χ0) is 16.0. The average molecular weight is 381 g/mol. The molecule has 5 nitrogen and oxygen atoms in total. The summed E-state index contributed by atoms with van der Waals surface area (Å²) in [5.74, 6) is 0.719. The summed E-state index contributed by atoms with van der Waals surface area (Å²) in [6, 6.07) is 9.57. The minimum atomic E-state index is 0. The number of aryl methyl sites for hydroxylation is 1. The summed E-state index contributed by atoms with van der Waals surface area (Å²) in [5, 5.41) is 4.71. The van der Waals surface area contributed by atoms with Crippen LogP contribution in [-0.4, -0.2) is 21.6 Å². The summed E-state index contributed by atoms with van der Waals surface area (Å²) in [7, 11) is 3.60. The molecule has 24 heavy (non-hydrogen) atoms. The molecule has 8 heteroatoms. The molecular formula is C16H14Cl2N4OS. The number of halogens is 2. The SMILES string of the molecule is COc1ccc(Cl)cc1Nc1nc2c(ccc3c2ncn3C)s1.Cl. The average Bonchev–Trinajstić information content (AvgIpc) is 3.11. The van der Waals surface area contributed by atoms with Gasteiger partial charge in [-0.25, -0.2) is 9.97 Å². The van der Waals surface area contributed by atoms with Gasteiger partial charge in [0, 0.05) is 12.1 Å². The van der Waals surface area contributed by atoms with E-state index in [4.69, 9.17) is 16.3 Å². The molecule has 0 aliphatic carbocycles. The van der Waals surface area contributed by atoms with Gasteiger partial charge in [0.15, 0.2) is 5.13 Å². The zero-order valence-electron chi connectivity index (χ0n) is 12.9. The molecule has 124 valence electrons. The molecule has 1 N–H and O–H groups in total. The number of ether oxygens (including phenoxy) is 1. The largest absolute Gasteiger partial charge is 0.495 e. The Labute approximate surface area is 153 Å². The maximum Gasteiger partial charge on any atom is 0.188 e. The molecule has 2 aromatic carbocycles. The van der Waals surface area contributed by atoms with Crippen molar-refractivity contribution >= 4 is 67.4 Å². The maximum atomic E-state index is 6.07. The normalized spacial score (nSPS) is 10.8. The van der Waals surface area contributed by atoms with E-state index in [0.29, 0.717) is 5.02 Å². The quantitative estimate of drug-likeness (QED) is 0.542. The molecule has 0 saturated carbocycles. The van der Waals surface area contributed by atoms with Crippen LogP contribution in [0.2, 0.25) is 5.02 Å². The highest BCUT2D eigenvalue weighted by Crippen LogP contribution is 2.35. The molecule has 0 saturated heterocycles. The Bertz CT molecular complexity index is 1030. The number of thiazole rings is 1. The highest BCUT2D eigenvalue weighted by atomic mass is 35.5. The fraction of sp³-hybridized carbons (Fsp3) is 0.125. The number of imidazole rings is 1. The predicted molar refractivity (Wildman–Crippen MR) is 102 cm³/mol. The molecule has 0 bridgehead atoms. The minimum Gasteiger partial charge on any atom is -0.495 e. The van der Waals surface area contributed by atoms with E-state index in [1.165, 1.54) is 0 Å². The van der Waals surface area contributed by atoms with Gasteiger partial charge in [-0.2, -0.15) is 0 Å². The van der Waals surface area contributed by atoms with Crippen LogP contribution in [0.15, 0.2) is 36.7 Å². The second-order valence-electron chi connectivity index (χ2n) is 5.12. The first-order chi connectivity index (χ1) is 11.2. The molecule has 2 aromatic heterocycles. The Kier molecular flexibility index (Phi) is 4.54. The fourth-order valence-electron chi connectivity index (χ4n) is 2.53. The lowest BCUT2D eigenvalue weighted by Crippen LogP contribution is -1.94. The number of hydrogen-bond donors (Lipinski definition) is 1. The molecule has 4 aromatic rings. The summed E-state index contributed by atoms with van der Waals surface area (Å²) >= 11 is 7.65. The van der Waals surface area contributed by atoms with Crippen LogP contribution in [0.4, 0.5) is 10.8 Å². The second-order valence-corrected chi connectivity index (χ2v) is 6.59. The lowest BCUT2D eigenvalue weighted by atomic mass is 10.3. The lowest BCUT2D eigenvalue weighted by Gasteiger charge is -2.08. The van der Waals surface area contributed by atoms with Crippen molar-refractivity contribution in [1.82, 2.24) is 14.5 Å². The number of rotatable bonds is 3. The smallest absolute Gasteiger partial charge is 0.188 e. The van der Waals surface area contributed by atoms with Crippen molar-refractivity contribution in [3.05, 3.63) is 41.7 Å². The molecule has 0 atom stereocenters. The fourth-order valence-corrected chi connectivity index (χ4v) is 3.59. The first-order valence-electron chi connectivity index (χ1n) is 6.97. The highest BCUT2D eigenvalue weighted by molar-refractivity contribution is 7.22. The van der Waals surface area contributed by atoms with E-state index >= 15 is 0 Å². The molecule has 0 unspecified atom stereocenters. The van der Waals surface area contributed by atoms with E-state index in [0.717, 1.165) is 37.8 Å². The molecule has 0 spiro atoms. The van der Waals surface area contributed by atoms with E-state index in [2.05, 4.69) is 27.4 Å². The van der Waals surface area contributed by atoms with Crippen molar-refractivity contribution in [3.63, 3.8) is 0 Å². The van der Waals surface area contributed by atoms with Crippen molar-refractivity contribution in [2.24, 2.45) is 7.05 Å². The third-order valence-electron chi connectivity index (χ3n) is 3.66. The molecule has 0 fully saturated rings. The Hall–Kier alpha value is -2.02. The third kappa shape index (κ3) is 2.77. The maximum absolute atomic E-state index is 6.07. The summed E-state index contributed by atoms with van der Waals surface area (Å²) in [6.07, 6.45) is 1.80. The van der Waals surface area contributed by atoms with Gasteiger partial charge in [0.1, 0.15) is 16.8 Å². The standard InChI is InChI=1S/C16H13ClN4OS.ClH/c1-21-8-18-14-11(21)4-6-13-15(14)20-16(23-13)19-10-7-9(17)3-5-12(10)22-2;/h3-8H,1-2H3,(H,19,20);1H. The van der Waals surface area contributed by atoms with E-state index in [-0.39, 0.29) is 12.4 Å². The number of nitrogens with zero attached hydrogens (tertiary/aromatic N) is 3. The number of anilines is 2. The van der Waals surface area contributed by atoms with Crippen LogP contribution >= 0.6 is 35.3 Å². The van der Waals surface area contributed by atoms with Gasteiger partial charge in [-0.15, -0.1) is 12.4 Å². The van der Waals surface area contributed by atoms with E-state index < -0.39 is 0 Å². The number of nitrogens with one attached hydrogen (secondary N) is 1. The van der Waals surface area contributed by atoms with Gasteiger partial charge in [0.25, 0.3) is 0 Å². The number of benzene rings is 2. The van der Waals surface area contributed by atoms with Gasteiger partial charge in [-0.3, -0.25) is 0 Å². The number of aromatic nitrogens is 3. The van der Waals surface area contributed by atoms with Gasteiger partial charge in [0.2, 0.25) is 0 Å². The van der Waals surface area contributed by atoms with Crippen molar-refractivity contribution in [3.8, 4) is 5.75 Å². The van der Waals surface area contributed by atoms with Crippen LogP contribution in [0.3, 0.4) is 0 Å². The van der Waals surface area contributed by atoms with Crippen molar-refractivity contribution in [1.29, 1.82) is 0 Å². The predicted octanol–water partition coefficient (Wildman–Crippen LogP) is 5.01. The van der Waals surface area contributed by atoms with Crippen LogP contribution < -0.4 is 10.1 Å². The number of methoxy groups -OCH3 is 1. The molecule has 0 radical (unpaired) electrons. The van der Waals surface area contributed by atoms with E-state index in [1.54, 1.807) is 30.8 Å². The first-order valence-corrected chi connectivity index (χ1v) is 8.16. The van der Waals surface area contributed by atoms with Crippen LogP contribution in [0.5, 0.6) is 5.75 Å². The highest BCUT2D eigenvalue weighted by Gasteiger charge is 2.12. The summed E-state index contributed by atoms with van der Waals surface area (Å²) in [5.41, 5.74) is 3.66. The summed E-state index contributed by atoms with van der Waals surface area (Å²) in [4.78, 5) is 9.14. The van der Waals surface area contributed by atoms with Gasteiger partial charge in [-0.1, -0.05) is 22.9 Å². The first kappa shape index (κ1) is 16.8.